The van der Waals surface area contributed by atoms with Gasteiger partial charge in [0.2, 0.25) is 0 Å². The second-order valence-electron chi connectivity index (χ2n) is 7.75. The first kappa shape index (κ1) is 20.0. The average molecular weight is 385 g/mol. The Labute approximate surface area is 164 Å². The van der Waals surface area contributed by atoms with E-state index in [1.54, 1.807) is 24.3 Å². The fourth-order valence-electron chi connectivity index (χ4n) is 3.57. The predicted molar refractivity (Wildman–Crippen MR) is 106 cm³/mol. The summed E-state index contributed by atoms with van der Waals surface area (Å²) in [6.45, 7) is 3.98. The lowest BCUT2D eigenvalue weighted by Crippen LogP contribution is -2.39. The summed E-state index contributed by atoms with van der Waals surface area (Å²) in [6.07, 6.45) is 5.35. The number of hydrogen-bond acceptors (Lipinski definition) is 5. The van der Waals surface area contributed by atoms with Crippen molar-refractivity contribution in [2.45, 2.75) is 58.5 Å². The van der Waals surface area contributed by atoms with Gasteiger partial charge in [-0.1, -0.05) is 51.3 Å². The molecule has 2 aromatic rings. The number of aromatic nitrogens is 2. The van der Waals surface area contributed by atoms with Gasteiger partial charge < -0.3 is 10.1 Å². The van der Waals surface area contributed by atoms with Crippen LogP contribution >= 0.6 is 0 Å². The number of rotatable bonds is 6. The standard InChI is InChI=1S/C21H27N3O4/c1-14(2)12-24-20(26)17-11-7-6-10-16(17)19(23-24)21(27)28-13-18(25)22-15-8-4-3-5-9-15/h6-7,10-11,14-15H,3-5,8-9,12-13H2,1-2H3,(H,22,25). The molecule has 0 aliphatic heterocycles. The Bertz CT molecular complexity index is 913. The van der Waals surface area contributed by atoms with Crippen molar-refractivity contribution in [3.05, 3.63) is 40.3 Å². The number of ether oxygens (including phenoxy) is 1. The topological polar surface area (TPSA) is 90.3 Å². The zero-order chi connectivity index (χ0) is 20.1. The van der Waals surface area contributed by atoms with Gasteiger partial charge in [-0.25, -0.2) is 9.48 Å². The molecule has 7 heteroatoms. The Morgan fingerprint density at radius 3 is 2.54 bits per heavy atom. The number of nitrogens with one attached hydrogen (secondary N) is 1. The van der Waals surface area contributed by atoms with Crippen molar-refractivity contribution in [3.63, 3.8) is 0 Å². The zero-order valence-electron chi connectivity index (χ0n) is 16.4. The Kier molecular flexibility index (Phi) is 6.44. The Hall–Kier alpha value is -2.70. The van der Waals surface area contributed by atoms with Gasteiger partial charge in [0.1, 0.15) is 0 Å². The number of carbonyl (C=O) groups is 2. The van der Waals surface area contributed by atoms with Crippen LogP contribution in [0.3, 0.4) is 0 Å². The first-order chi connectivity index (χ1) is 13.5. The number of carbonyl (C=O) groups excluding carboxylic acids is 2. The molecule has 7 nitrogen and oxygen atoms in total. The molecule has 3 rings (SSSR count). The maximum atomic E-state index is 12.6. The Morgan fingerprint density at radius 2 is 1.86 bits per heavy atom. The summed E-state index contributed by atoms with van der Waals surface area (Å²) in [7, 11) is 0. The van der Waals surface area contributed by atoms with Crippen molar-refractivity contribution in [1.82, 2.24) is 15.1 Å². The van der Waals surface area contributed by atoms with Crippen LogP contribution in [0.2, 0.25) is 0 Å². The summed E-state index contributed by atoms with van der Waals surface area (Å²) in [6, 6.07) is 6.98. The lowest BCUT2D eigenvalue weighted by atomic mass is 9.95. The van der Waals surface area contributed by atoms with E-state index in [1.165, 1.54) is 11.1 Å². The summed E-state index contributed by atoms with van der Waals surface area (Å²) in [5.41, 5.74) is -0.183. The predicted octanol–water partition coefficient (Wildman–Crippen LogP) is 2.66. The van der Waals surface area contributed by atoms with Crippen molar-refractivity contribution in [1.29, 1.82) is 0 Å². The van der Waals surface area contributed by atoms with Crippen LogP contribution in [0.4, 0.5) is 0 Å². The highest BCUT2D eigenvalue weighted by Gasteiger charge is 2.21. The molecule has 1 aromatic carbocycles. The van der Waals surface area contributed by atoms with E-state index >= 15 is 0 Å². The number of fused-ring (bicyclic) bond motifs is 1. The normalized spacial score (nSPS) is 15.0. The fraction of sp³-hybridized carbons (Fsp3) is 0.524. The summed E-state index contributed by atoms with van der Waals surface area (Å²) in [5.74, 6) is -0.816. The maximum absolute atomic E-state index is 12.6. The lowest BCUT2D eigenvalue weighted by molar-refractivity contribution is -0.125. The van der Waals surface area contributed by atoms with E-state index in [0.717, 1.165) is 25.7 Å². The monoisotopic (exact) mass is 385 g/mol. The molecule has 28 heavy (non-hydrogen) atoms. The van der Waals surface area contributed by atoms with Gasteiger partial charge in [-0.05, 0) is 24.8 Å². The molecule has 1 aliphatic rings. The number of nitrogens with zero attached hydrogens (tertiary/aromatic N) is 2. The Balaban J connectivity index is 1.76. The number of hydrogen-bond donors (Lipinski definition) is 1. The van der Waals surface area contributed by atoms with Crippen molar-refractivity contribution in [2.75, 3.05) is 6.61 Å². The van der Waals surface area contributed by atoms with Crippen LogP contribution in [-0.4, -0.2) is 34.3 Å². The van der Waals surface area contributed by atoms with Crippen molar-refractivity contribution >= 4 is 22.6 Å². The summed E-state index contributed by atoms with van der Waals surface area (Å²) < 4.78 is 6.51. The van der Waals surface area contributed by atoms with E-state index in [1.807, 2.05) is 13.8 Å². The van der Waals surface area contributed by atoms with E-state index in [4.69, 9.17) is 4.74 Å². The lowest BCUT2D eigenvalue weighted by Gasteiger charge is -2.22. The molecule has 1 amide bonds. The van der Waals surface area contributed by atoms with Crippen LogP contribution in [0.5, 0.6) is 0 Å². The van der Waals surface area contributed by atoms with Gasteiger partial charge in [0.05, 0.1) is 5.39 Å². The minimum Gasteiger partial charge on any atom is -0.451 e. The van der Waals surface area contributed by atoms with Crippen molar-refractivity contribution in [3.8, 4) is 0 Å². The summed E-state index contributed by atoms with van der Waals surface area (Å²) >= 11 is 0. The largest absolute Gasteiger partial charge is 0.451 e. The third-order valence-corrected chi connectivity index (χ3v) is 4.90. The van der Waals surface area contributed by atoms with Crippen LogP contribution in [0.1, 0.15) is 56.4 Å². The molecular weight excluding hydrogens is 358 g/mol. The zero-order valence-corrected chi connectivity index (χ0v) is 16.4. The molecule has 150 valence electrons. The highest BCUT2D eigenvalue weighted by Crippen LogP contribution is 2.17. The number of benzene rings is 1. The summed E-state index contributed by atoms with van der Waals surface area (Å²) in [5, 5.41) is 8.00. The fourth-order valence-corrected chi connectivity index (χ4v) is 3.57. The first-order valence-electron chi connectivity index (χ1n) is 9.92. The van der Waals surface area contributed by atoms with E-state index < -0.39 is 5.97 Å². The molecule has 0 bridgehead atoms. The van der Waals surface area contributed by atoms with Gasteiger partial charge >= 0.3 is 5.97 Å². The van der Waals surface area contributed by atoms with Crippen LogP contribution in [0, 0.1) is 5.92 Å². The molecule has 1 saturated carbocycles. The first-order valence-corrected chi connectivity index (χ1v) is 9.92. The number of amides is 1. The van der Waals surface area contributed by atoms with Crippen molar-refractivity contribution in [2.24, 2.45) is 5.92 Å². The molecule has 0 radical (unpaired) electrons. The molecule has 0 spiro atoms. The maximum Gasteiger partial charge on any atom is 0.359 e. The summed E-state index contributed by atoms with van der Waals surface area (Å²) in [4.78, 5) is 37.3. The van der Waals surface area contributed by atoms with Gasteiger partial charge in [0.25, 0.3) is 11.5 Å². The minimum atomic E-state index is -0.701. The van der Waals surface area contributed by atoms with Gasteiger partial charge in [-0.15, -0.1) is 0 Å². The second kappa shape index (κ2) is 8.99. The van der Waals surface area contributed by atoms with E-state index in [9.17, 15) is 14.4 Å². The quantitative estimate of drug-likeness (QED) is 0.772. The third kappa shape index (κ3) is 4.77. The Morgan fingerprint density at radius 1 is 1.18 bits per heavy atom. The molecular formula is C21H27N3O4. The van der Waals surface area contributed by atoms with Crippen molar-refractivity contribution < 1.29 is 14.3 Å². The molecule has 1 aliphatic carbocycles. The van der Waals surface area contributed by atoms with E-state index in [2.05, 4.69) is 10.4 Å². The minimum absolute atomic E-state index is 0.0568. The molecule has 0 saturated heterocycles. The molecule has 1 N–H and O–H groups in total. The van der Waals surface area contributed by atoms with E-state index in [-0.39, 0.29) is 35.7 Å². The highest BCUT2D eigenvalue weighted by atomic mass is 16.5. The van der Waals surface area contributed by atoms with Gasteiger partial charge in [0, 0.05) is 18.0 Å². The highest BCUT2D eigenvalue weighted by molar-refractivity contribution is 6.02. The molecule has 0 unspecified atom stereocenters. The van der Waals surface area contributed by atoms with E-state index in [0.29, 0.717) is 17.3 Å². The molecule has 1 fully saturated rings. The van der Waals surface area contributed by atoms with Gasteiger partial charge in [0.15, 0.2) is 12.3 Å². The SMILES string of the molecule is CC(C)Cn1nc(C(=O)OCC(=O)NC2CCCCC2)c2ccccc2c1=O. The average Bonchev–Trinajstić information content (AvgIpc) is 2.69. The molecule has 1 heterocycles. The van der Waals surface area contributed by atoms with Crippen LogP contribution in [-0.2, 0) is 16.1 Å². The third-order valence-electron chi connectivity index (χ3n) is 4.90. The smallest absolute Gasteiger partial charge is 0.359 e. The van der Waals surface area contributed by atoms with Crippen LogP contribution in [0.25, 0.3) is 10.8 Å². The van der Waals surface area contributed by atoms with Crippen LogP contribution < -0.4 is 10.9 Å². The van der Waals surface area contributed by atoms with Gasteiger partial charge in [-0.2, -0.15) is 5.10 Å². The number of esters is 1. The van der Waals surface area contributed by atoms with Gasteiger partial charge in [-0.3, -0.25) is 9.59 Å². The molecule has 0 atom stereocenters. The second-order valence-corrected chi connectivity index (χ2v) is 7.75. The molecule has 1 aromatic heterocycles. The van der Waals surface area contributed by atoms with Crippen LogP contribution in [0.15, 0.2) is 29.1 Å².